The van der Waals surface area contributed by atoms with E-state index in [9.17, 15) is 5.41 Å². The highest BCUT2D eigenvalue weighted by atomic mass is 15.0. The number of fused-ring (bicyclic) bond motifs is 14. The molecule has 1 spiro atoms. The van der Waals surface area contributed by atoms with Crippen LogP contribution in [-0.2, 0) is 5.41 Å². The molecule has 5 heteroatoms. The Labute approximate surface area is 328 Å². The van der Waals surface area contributed by atoms with Crippen LogP contribution in [0.2, 0.25) is 0 Å². The van der Waals surface area contributed by atoms with Gasteiger partial charge < -0.3 is 9.55 Å². The van der Waals surface area contributed by atoms with E-state index < -0.39 is 5.41 Å². The summed E-state index contributed by atoms with van der Waals surface area (Å²) >= 11 is 0. The largest absolute Gasteiger partial charge is 0.323 e. The Morgan fingerprint density at radius 2 is 1.12 bits per heavy atom. The molecule has 0 saturated carbocycles. The lowest BCUT2D eigenvalue weighted by molar-refractivity contribution is 0.795. The number of H-pyrrole nitrogens is 1. The van der Waals surface area contributed by atoms with Crippen LogP contribution < -0.4 is 5.62 Å². The molecule has 0 aliphatic heterocycles. The number of hydrogen-bond donors (Lipinski definition) is 2. The Morgan fingerprint density at radius 3 is 1.86 bits per heavy atom. The number of para-hydroxylation sites is 2. The lowest BCUT2D eigenvalue weighted by Crippen LogP contribution is -2.25. The van der Waals surface area contributed by atoms with Gasteiger partial charge in [0.15, 0.2) is 5.84 Å². The zero-order valence-corrected chi connectivity index (χ0v) is 30.7. The van der Waals surface area contributed by atoms with Crippen LogP contribution in [0.15, 0.2) is 193 Å². The number of hydrogen-bond acceptors (Lipinski definition) is 2. The zero-order valence-electron chi connectivity index (χ0n) is 30.7. The van der Waals surface area contributed by atoms with E-state index in [1.165, 1.54) is 55.3 Å². The number of nitrogens with zero attached hydrogens (tertiary/aromatic N) is 3. The van der Waals surface area contributed by atoms with Crippen molar-refractivity contribution in [2.45, 2.75) is 5.41 Å². The van der Waals surface area contributed by atoms with Crippen molar-refractivity contribution in [3.8, 4) is 39.2 Å². The summed E-state index contributed by atoms with van der Waals surface area (Å²) < 4.78 is 2.35. The first kappa shape index (κ1) is 31.7. The monoisotopic (exact) mass is 727 g/mol. The van der Waals surface area contributed by atoms with E-state index in [0.717, 1.165) is 38.9 Å². The molecule has 0 fully saturated rings. The van der Waals surface area contributed by atoms with Gasteiger partial charge >= 0.3 is 0 Å². The highest BCUT2D eigenvalue weighted by Gasteiger charge is 2.51. The maximum atomic E-state index is 9.26. The third-order valence-corrected chi connectivity index (χ3v) is 12.1. The maximum absolute atomic E-state index is 9.26. The fourth-order valence-electron chi connectivity index (χ4n) is 9.78. The molecule has 0 bridgehead atoms. The Balaban J connectivity index is 1.05. The van der Waals surface area contributed by atoms with Gasteiger partial charge in [0.25, 0.3) is 0 Å². The van der Waals surface area contributed by atoms with Crippen LogP contribution >= 0.6 is 0 Å². The molecular weight excluding hydrogens is 695 g/mol. The molecule has 8 aromatic carbocycles. The second-order valence-corrected chi connectivity index (χ2v) is 15.0. The molecule has 10 aromatic rings. The molecule has 0 saturated heterocycles. The first-order valence-electron chi connectivity index (χ1n) is 19.3. The molecule has 0 unspecified atom stereocenters. The Kier molecular flexibility index (Phi) is 6.64. The van der Waals surface area contributed by atoms with Crippen molar-refractivity contribution in [3.05, 3.63) is 221 Å². The second-order valence-electron chi connectivity index (χ2n) is 15.0. The van der Waals surface area contributed by atoms with Crippen molar-refractivity contribution in [2.75, 3.05) is 0 Å². The standard InChI is InChI=1S/C52H33N5/c53-50(56-51-54-46-27-12-7-23-39(46)49(55-51)32-15-2-1-3-16-32)33-17-14-18-34(29-33)57-47-28-13-8-22-38(47)41-30-45-40(31-48(41)57)37-21-6-11-26-44(37)52(45)42-24-9-4-19-35(42)36-20-5-10-25-43(36)52/h1-31H,(H2,53,54,55,56). The van der Waals surface area contributed by atoms with Gasteiger partial charge in [0.05, 0.1) is 27.7 Å². The van der Waals surface area contributed by atoms with Gasteiger partial charge in [-0.3, -0.25) is 5.41 Å². The highest BCUT2D eigenvalue weighted by molar-refractivity contribution is 6.12. The van der Waals surface area contributed by atoms with Crippen LogP contribution in [0.5, 0.6) is 0 Å². The highest BCUT2D eigenvalue weighted by Crippen LogP contribution is 2.63. The van der Waals surface area contributed by atoms with E-state index in [2.05, 4.69) is 149 Å². The normalized spacial score (nSPS) is 13.6. The van der Waals surface area contributed by atoms with Crippen LogP contribution in [-0.4, -0.2) is 20.4 Å². The van der Waals surface area contributed by atoms with Gasteiger partial charge in [-0.1, -0.05) is 152 Å². The average molecular weight is 728 g/mol. The van der Waals surface area contributed by atoms with E-state index in [-0.39, 0.29) is 5.84 Å². The molecule has 2 aliphatic rings. The van der Waals surface area contributed by atoms with Crippen LogP contribution in [0.3, 0.4) is 0 Å². The molecule has 0 atom stereocenters. The predicted octanol–water partition coefficient (Wildman–Crippen LogP) is 11.6. The smallest absolute Gasteiger partial charge is 0.229 e. The lowest BCUT2D eigenvalue weighted by atomic mass is 9.70. The summed E-state index contributed by atoms with van der Waals surface area (Å²) in [7, 11) is 0. The first-order chi connectivity index (χ1) is 28.2. The van der Waals surface area contributed by atoms with Gasteiger partial charge in [0.2, 0.25) is 5.62 Å². The minimum Gasteiger partial charge on any atom is -0.323 e. The van der Waals surface area contributed by atoms with Crippen molar-refractivity contribution in [1.29, 1.82) is 5.41 Å². The van der Waals surface area contributed by atoms with Crippen molar-refractivity contribution >= 4 is 38.5 Å². The number of rotatable bonds is 3. The number of aromatic nitrogens is 3. The molecule has 2 N–H and O–H groups in total. The van der Waals surface area contributed by atoms with Crippen LogP contribution in [0, 0.1) is 5.41 Å². The zero-order chi connectivity index (χ0) is 37.7. The summed E-state index contributed by atoms with van der Waals surface area (Å²) in [6.45, 7) is 0. The number of benzene rings is 8. The number of nitrogens with one attached hydrogen (secondary N) is 2. The van der Waals surface area contributed by atoms with E-state index in [4.69, 9.17) is 9.98 Å². The number of aromatic amines is 1. The summed E-state index contributed by atoms with van der Waals surface area (Å²) in [6.07, 6.45) is 0. The molecule has 2 aliphatic carbocycles. The van der Waals surface area contributed by atoms with Gasteiger partial charge in [-0.15, -0.1) is 0 Å². The van der Waals surface area contributed by atoms with Crippen LogP contribution in [0.4, 0.5) is 0 Å². The summed E-state index contributed by atoms with van der Waals surface area (Å²) in [5.41, 5.74) is 17.1. The van der Waals surface area contributed by atoms with Gasteiger partial charge in [-0.05, 0) is 80.9 Å². The molecule has 0 amide bonds. The first-order valence-corrected chi connectivity index (χ1v) is 19.3. The molecule has 12 rings (SSSR count). The van der Waals surface area contributed by atoms with Crippen molar-refractivity contribution in [1.82, 2.24) is 14.5 Å². The molecular formula is C52H33N5. The minimum absolute atomic E-state index is 0.131. The Bertz CT molecular complexity index is 3340. The Morgan fingerprint density at radius 1 is 0.509 bits per heavy atom. The Hall–Kier alpha value is -7.63. The van der Waals surface area contributed by atoms with E-state index in [0.29, 0.717) is 11.2 Å². The molecule has 5 nitrogen and oxygen atoms in total. The van der Waals surface area contributed by atoms with Gasteiger partial charge in [-0.2, -0.15) is 4.99 Å². The summed E-state index contributed by atoms with van der Waals surface area (Å²) in [5, 5.41) is 12.6. The molecule has 0 radical (unpaired) electrons. The van der Waals surface area contributed by atoms with E-state index in [1.54, 1.807) is 0 Å². The average Bonchev–Trinajstić information content (AvgIpc) is 3.87. The minimum atomic E-state index is -0.415. The topological polar surface area (TPSA) is 69.8 Å². The summed E-state index contributed by atoms with van der Waals surface area (Å²) in [5.74, 6) is 0.131. The summed E-state index contributed by atoms with van der Waals surface area (Å²) in [6, 6.07) is 66.8. The predicted molar refractivity (Wildman–Crippen MR) is 231 cm³/mol. The van der Waals surface area contributed by atoms with Crippen LogP contribution in [0.1, 0.15) is 27.8 Å². The molecule has 2 aromatic heterocycles. The van der Waals surface area contributed by atoms with E-state index in [1.807, 2.05) is 48.5 Å². The third-order valence-electron chi connectivity index (χ3n) is 12.1. The lowest BCUT2D eigenvalue weighted by Gasteiger charge is -2.30. The molecule has 266 valence electrons. The summed E-state index contributed by atoms with van der Waals surface area (Å²) in [4.78, 5) is 13.1. The van der Waals surface area contributed by atoms with Gasteiger partial charge in [0.1, 0.15) is 0 Å². The number of amidine groups is 1. The van der Waals surface area contributed by atoms with Crippen molar-refractivity contribution < 1.29 is 0 Å². The van der Waals surface area contributed by atoms with Gasteiger partial charge in [0, 0.05) is 33.0 Å². The van der Waals surface area contributed by atoms with Crippen molar-refractivity contribution in [3.63, 3.8) is 0 Å². The van der Waals surface area contributed by atoms with Crippen LogP contribution in [0.25, 0.3) is 71.9 Å². The van der Waals surface area contributed by atoms with Crippen molar-refractivity contribution in [2.24, 2.45) is 4.99 Å². The molecule has 2 heterocycles. The maximum Gasteiger partial charge on any atom is 0.229 e. The van der Waals surface area contributed by atoms with E-state index >= 15 is 0 Å². The van der Waals surface area contributed by atoms with Gasteiger partial charge in [-0.25, -0.2) is 4.98 Å². The second kappa shape index (κ2) is 11.9. The quantitative estimate of drug-likeness (QED) is 0.138. The third kappa shape index (κ3) is 4.42. The molecule has 57 heavy (non-hydrogen) atoms. The fraction of sp³-hybridized carbons (Fsp3) is 0.0192. The SMILES string of the molecule is N=C(/N=c1/nc(-c2ccccc2)c2ccccc2[nH]1)c1cccc(-n2c3ccccc3c3cc4c(cc32)-c2ccccc2C42c3ccccc3-c3ccccc32)c1. The fourth-order valence-corrected chi connectivity index (χ4v) is 9.78.